The van der Waals surface area contributed by atoms with E-state index in [-0.39, 0.29) is 12.3 Å². The number of carbonyl (C=O) groups excluding carboxylic acids is 1. The minimum atomic E-state index is -5.23. The van der Waals surface area contributed by atoms with Gasteiger partial charge in [-0.2, -0.15) is 16.8 Å². The molecule has 1 amide bonds. The lowest BCUT2D eigenvalue weighted by Gasteiger charge is -2.41. The first kappa shape index (κ1) is 53.8. The lowest BCUT2D eigenvalue weighted by atomic mass is 9.99. The van der Waals surface area contributed by atoms with Gasteiger partial charge in [0.15, 0.2) is 12.4 Å². The van der Waals surface area contributed by atoms with Gasteiger partial charge in [0.05, 0.1) is 25.4 Å². The topological polar surface area (TPSA) is 235 Å². The SMILES string of the molecule is CCCCCCCCCCCCC/C=C/[C@@H](O)[C@H](CO[C@@H]1O[C@@H](COS(=O)(=O)O)[C@@H](O)[C@H](O)[C@@H]1OS(=O)(=O)O)NC(=O)CCCCCCCCCCCCCCC. The molecule has 0 aliphatic carbocycles. The van der Waals surface area contributed by atoms with Crippen LogP contribution in [0.4, 0.5) is 0 Å². The molecule has 0 saturated carbocycles. The standard InChI is InChI=1S/C40H77NO14S2/c1-3-5-7-9-11-13-15-17-19-21-23-25-27-29-34(42)33(41-36(43)30-28-26-24-22-20-18-16-14-12-10-8-6-4-2)31-52-40-39(55-57(49,50)51)38(45)37(44)35(54-40)32-53-56(46,47)48/h27,29,33-35,37-40,42,44-45H,3-26,28,30-32H2,1-2H3,(H,41,43)(H,46,47,48)(H,49,50,51)/b29-27+/t33-,34+,35-,37+,38-,39-,40+/m0/s1. The zero-order valence-electron chi connectivity index (χ0n) is 34.7. The number of ether oxygens (including phenoxy) is 2. The average Bonchev–Trinajstić information content (AvgIpc) is 3.15. The molecular formula is C40H77NO14S2. The Kier molecular flexibility index (Phi) is 30.7. The predicted octanol–water partition coefficient (Wildman–Crippen LogP) is 7.04. The number of hydrogen-bond acceptors (Lipinski definition) is 12. The maximum atomic E-state index is 13.0. The van der Waals surface area contributed by atoms with Gasteiger partial charge in [-0.25, -0.2) is 8.37 Å². The molecule has 57 heavy (non-hydrogen) atoms. The molecule has 6 N–H and O–H groups in total. The number of unbranched alkanes of at least 4 members (excludes halogenated alkanes) is 23. The molecule has 15 nitrogen and oxygen atoms in total. The predicted molar refractivity (Wildman–Crippen MR) is 219 cm³/mol. The first-order valence-electron chi connectivity index (χ1n) is 21.7. The fourth-order valence-electron chi connectivity index (χ4n) is 6.88. The number of aliphatic hydroxyl groups excluding tert-OH is 3. The van der Waals surface area contributed by atoms with Crippen LogP contribution >= 0.6 is 0 Å². The average molecular weight is 860 g/mol. The summed E-state index contributed by atoms with van der Waals surface area (Å²) in [7, 11) is -10.2. The molecule has 0 aromatic carbocycles. The molecule has 0 bridgehead atoms. The van der Waals surface area contributed by atoms with Crippen molar-refractivity contribution in [2.75, 3.05) is 13.2 Å². The summed E-state index contributed by atoms with van der Waals surface area (Å²) in [6.45, 7) is 2.92. The number of nitrogens with one attached hydrogen (secondary N) is 1. The van der Waals surface area contributed by atoms with E-state index in [4.69, 9.17) is 14.0 Å². The van der Waals surface area contributed by atoms with Gasteiger partial charge >= 0.3 is 20.8 Å². The maximum absolute atomic E-state index is 13.0. The second-order valence-electron chi connectivity index (χ2n) is 15.5. The van der Waals surface area contributed by atoms with Gasteiger partial charge in [-0.3, -0.25) is 13.9 Å². The van der Waals surface area contributed by atoms with E-state index in [0.29, 0.717) is 12.8 Å². The second-order valence-corrected chi connectivity index (χ2v) is 17.6. The van der Waals surface area contributed by atoms with Crippen molar-refractivity contribution in [1.82, 2.24) is 5.32 Å². The van der Waals surface area contributed by atoms with Gasteiger partial charge in [0, 0.05) is 6.42 Å². The molecule has 1 aliphatic rings. The molecule has 0 aromatic heterocycles. The molecule has 1 rings (SSSR count). The third kappa shape index (κ3) is 28.8. The molecular weight excluding hydrogens is 783 g/mol. The van der Waals surface area contributed by atoms with E-state index >= 15 is 0 Å². The normalized spacial score (nSPS) is 21.6. The summed E-state index contributed by atoms with van der Waals surface area (Å²) in [5.41, 5.74) is 0. The highest BCUT2D eigenvalue weighted by Gasteiger charge is 2.48. The van der Waals surface area contributed by atoms with Crippen LogP contribution in [0.15, 0.2) is 12.2 Å². The molecule has 0 unspecified atom stereocenters. The molecule has 7 atom stereocenters. The van der Waals surface area contributed by atoms with Crippen molar-refractivity contribution in [3.63, 3.8) is 0 Å². The number of allylic oxidation sites excluding steroid dienone is 1. The van der Waals surface area contributed by atoms with E-state index in [0.717, 1.165) is 38.5 Å². The minimum Gasteiger partial charge on any atom is -0.387 e. The summed E-state index contributed by atoms with van der Waals surface area (Å²) in [4.78, 5) is 13.0. The molecule has 0 aromatic rings. The molecule has 1 fully saturated rings. The second kappa shape index (κ2) is 32.5. The summed E-state index contributed by atoms with van der Waals surface area (Å²) < 4.78 is 83.6. The highest BCUT2D eigenvalue weighted by atomic mass is 32.3. The van der Waals surface area contributed by atoms with Crippen LogP contribution in [0.3, 0.4) is 0 Å². The van der Waals surface area contributed by atoms with Crippen molar-refractivity contribution in [2.24, 2.45) is 0 Å². The fraction of sp³-hybridized carbons (Fsp3) is 0.925. The summed E-state index contributed by atoms with van der Waals surface area (Å²) in [5.74, 6) is -0.352. The van der Waals surface area contributed by atoms with Crippen molar-refractivity contribution in [1.29, 1.82) is 0 Å². The third-order valence-electron chi connectivity index (χ3n) is 10.3. The Bertz CT molecular complexity index is 1250. The van der Waals surface area contributed by atoms with Crippen LogP contribution in [0.5, 0.6) is 0 Å². The van der Waals surface area contributed by atoms with Crippen molar-refractivity contribution in [2.45, 2.75) is 224 Å². The highest BCUT2D eigenvalue weighted by Crippen LogP contribution is 2.27. The van der Waals surface area contributed by atoms with Gasteiger partial charge < -0.3 is 30.1 Å². The van der Waals surface area contributed by atoms with Crippen LogP contribution in [0, 0.1) is 0 Å². The lowest BCUT2D eigenvalue weighted by Crippen LogP contribution is -2.61. The molecule has 17 heteroatoms. The monoisotopic (exact) mass is 859 g/mol. The third-order valence-corrected chi connectivity index (χ3v) is 11.2. The summed E-state index contributed by atoms with van der Waals surface area (Å²) in [6, 6.07) is -1.08. The van der Waals surface area contributed by atoms with Gasteiger partial charge in [-0.1, -0.05) is 167 Å². The summed E-state index contributed by atoms with van der Waals surface area (Å²) >= 11 is 0. The van der Waals surface area contributed by atoms with Crippen molar-refractivity contribution >= 4 is 26.7 Å². The largest absolute Gasteiger partial charge is 0.397 e. The van der Waals surface area contributed by atoms with Crippen molar-refractivity contribution in [3.8, 4) is 0 Å². The van der Waals surface area contributed by atoms with Crippen molar-refractivity contribution < 1.29 is 63.9 Å². The highest BCUT2D eigenvalue weighted by molar-refractivity contribution is 7.81. The van der Waals surface area contributed by atoms with Crippen molar-refractivity contribution in [3.05, 3.63) is 12.2 Å². The van der Waals surface area contributed by atoms with Crippen LogP contribution in [-0.4, -0.2) is 103 Å². The van der Waals surface area contributed by atoms with E-state index in [1.165, 1.54) is 115 Å². The zero-order valence-corrected chi connectivity index (χ0v) is 36.4. The quantitative estimate of drug-likeness (QED) is 0.0209. The number of amides is 1. The molecule has 1 saturated heterocycles. The minimum absolute atomic E-state index is 0.192. The van der Waals surface area contributed by atoms with Crippen LogP contribution in [-0.2, 0) is 43.4 Å². The van der Waals surface area contributed by atoms with Gasteiger partial charge in [-0.05, 0) is 19.3 Å². The van der Waals surface area contributed by atoms with Crippen LogP contribution in [0.25, 0.3) is 0 Å². The first-order valence-corrected chi connectivity index (χ1v) is 24.5. The molecule has 0 radical (unpaired) electrons. The van der Waals surface area contributed by atoms with E-state index in [9.17, 15) is 41.5 Å². The molecule has 1 heterocycles. The maximum Gasteiger partial charge on any atom is 0.397 e. The van der Waals surface area contributed by atoms with Gasteiger partial charge in [0.1, 0.15) is 18.3 Å². The summed E-state index contributed by atoms with van der Waals surface area (Å²) in [6.07, 6.45) is 21.5. The first-order chi connectivity index (χ1) is 27.2. The van der Waals surface area contributed by atoms with E-state index in [2.05, 4.69) is 27.5 Å². The van der Waals surface area contributed by atoms with Gasteiger partial charge in [-0.15, -0.1) is 0 Å². The Morgan fingerprint density at radius 3 is 1.60 bits per heavy atom. The Morgan fingerprint density at radius 2 is 1.14 bits per heavy atom. The van der Waals surface area contributed by atoms with Gasteiger partial charge in [0.2, 0.25) is 5.91 Å². The Labute approximate surface area is 344 Å². The van der Waals surface area contributed by atoms with Crippen LogP contribution in [0.2, 0.25) is 0 Å². The van der Waals surface area contributed by atoms with E-state index in [1.54, 1.807) is 0 Å². The zero-order chi connectivity index (χ0) is 42.4. The molecule has 1 aliphatic heterocycles. The van der Waals surface area contributed by atoms with E-state index < -0.39 is 76.9 Å². The molecule has 338 valence electrons. The number of rotatable bonds is 37. The fourth-order valence-corrected chi connectivity index (χ4v) is 7.67. The lowest BCUT2D eigenvalue weighted by molar-refractivity contribution is -0.296. The Balaban J connectivity index is 2.76. The number of hydrogen-bond donors (Lipinski definition) is 6. The Hall–Kier alpha value is -1.25. The smallest absolute Gasteiger partial charge is 0.387 e. The van der Waals surface area contributed by atoms with Crippen LogP contribution in [0.1, 0.15) is 181 Å². The summed E-state index contributed by atoms with van der Waals surface area (Å²) in [5, 5.41) is 34.9. The van der Waals surface area contributed by atoms with E-state index in [1.807, 2.05) is 6.08 Å². The number of aliphatic hydroxyl groups is 3. The number of carbonyl (C=O) groups is 1. The Morgan fingerprint density at radius 1 is 0.684 bits per heavy atom. The molecule has 0 spiro atoms. The van der Waals surface area contributed by atoms with Crippen LogP contribution < -0.4 is 5.32 Å². The van der Waals surface area contributed by atoms with Gasteiger partial charge in [0.25, 0.3) is 0 Å².